The predicted molar refractivity (Wildman–Crippen MR) is 142 cm³/mol. The third-order valence-electron chi connectivity index (χ3n) is 7.05. The first kappa shape index (κ1) is 23.9. The van der Waals surface area contributed by atoms with Gasteiger partial charge >= 0.3 is 0 Å². The first-order chi connectivity index (χ1) is 17.5. The van der Waals surface area contributed by atoms with Crippen molar-refractivity contribution in [1.82, 2.24) is 14.5 Å². The number of hydrogen-bond donors (Lipinski definition) is 1. The fourth-order valence-electron chi connectivity index (χ4n) is 4.86. The SMILES string of the molecule is CCN1CCC(c2ccc(C(=O)Nc3cc(Oc4cc5ccn(C)c5cc4OC)ccn3)cc2)CC1. The molecule has 36 heavy (non-hydrogen) atoms. The maximum absolute atomic E-state index is 12.9. The van der Waals surface area contributed by atoms with Gasteiger partial charge in [-0.05, 0) is 74.3 Å². The topological polar surface area (TPSA) is 68.6 Å². The van der Waals surface area contributed by atoms with E-state index in [-0.39, 0.29) is 5.91 Å². The summed E-state index contributed by atoms with van der Waals surface area (Å²) in [4.78, 5) is 19.7. The highest BCUT2D eigenvalue weighted by atomic mass is 16.5. The van der Waals surface area contributed by atoms with Crippen molar-refractivity contribution in [2.24, 2.45) is 7.05 Å². The quantitative estimate of drug-likeness (QED) is 0.358. The number of piperidine rings is 1. The van der Waals surface area contributed by atoms with Gasteiger partial charge < -0.3 is 24.3 Å². The lowest BCUT2D eigenvalue weighted by atomic mass is 9.89. The van der Waals surface area contributed by atoms with E-state index in [1.54, 1.807) is 25.4 Å². The lowest BCUT2D eigenvalue weighted by Crippen LogP contribution is -2.32. The number of carbonyl (C=O) groups excluding carboxylic acids is 1. The van der Waals surface area contributed by atoms with Gasteiger partial charge in [-0.25, -0.2) is 4.98 Å². The molecule has 0 atom stereocenters. The van der Waals surface area contributed by atoms with Gasteiger partial charge in [-0.2, -0.15) is 0 Å². The monoisotopic (exact) mass is 484 g/mol. The Morgan fingerprint density at radius 2 is 1.83 bits per heavy atom. The van der Waals surface area contributed by atoms with Gasteiger partial charge in [0.1, 0.15) is 11.6 Å². The second-order valence-corrected chi connectivity index (χ2v) is 9.25. The van der Waals surface area contributed by atoms with Crippen molar-refractivity contribution >= 4 is 22.6 Å². The maximum Gasteiger partial charge on any atom is 0.256 e. The number of amides is 1. The van der Waals surface area contributed by atoms with E-state index >= 15 is 0 Å². The van der Waals surface area contributed by atoms with Crippen molar-refractivity contribution in [3.05, 3.63) is 78.1 Å². The van der Waals surface area contributed by atoms with Gasteiger partial charge in [-0.15, -0.1) is 0 Å². The van der Waals surface area contributed by atoms with Crippen LogP contribution in [-0.2, 0) is 7.05 Å². The molecule has 3 heterocycles. The van der Waals surface area contributed by atoms with Crippen LogP contribution in [0, 0.1) is 0 Å². The zero-order valence-corrected chi connectivity index (χ0v) is 21.0. The van der Waals surface area contributed by atoms with E-state index < -0.39 is 0 Å². The molecule has 0 radical (unpaired) electrons. The number of methoxy groups -OCH3 is 1. The minimum Gasteiger partial charge on any atom is -0.493 e. The van der Waals surface area contributed by atoms with Gasteiger partial charge in [0.25, 0.3) is 5.91 Å². The zero-order valence-electron chi connectivity index (χ0n) is 21.0. The van der Waals surface area contributed by atoms with Gasteiger partial charge in [0, 0.05) is 42.5 Å². The molecule has 7 heteroatoms. The normalized spacial score (nSPS) is 14.6. The molecular weight excluding hydrogens is 452 g/mol. The molecule has 5 rings (SSSR count). The average Bonchev–Trinajstić information content (AvgIpc) is 3.27. The van der Waals surface area contributed by atoms with Crippen LogP contribution in [0.3, 0.4) is 0 Å². The highest BCUT2D eigenvalue weighted by Crippen LogP contribution is 2.36. The summed E-state index contributed by atoms with van der Waals surface area (Å²) in [7, 11) is 3.61. The molecule has 2 aromatic heterocycles. The largest absolute Gasteiger partial charge is 0.493 e. The molecular formula is C29H32N4O3. The molecule has 2 aromatic carbocycles. The van der Waals surface area contributed by atoms with Gasteiger partial charge in [0.2, 0.25) is 0 Å². The first-order valence-electron chi connectivity index (χ1n) is 12.4. The number of aromatic nitrogens is 2. The molecule has 1 saturated heterocycles. The van der Waals surface area contributed by atoms with Gasteiger partial charge in [-0.1, -0.05) is 19.1 Å². The van der Waals surface area contributed by atoms with Crippen LogP contribution < -0.4 is 14.8 Å². The predicted octanol–water partition coefficient (Wildman–Crippen LogP) is 5.83. The second kappa shape index (κ2) is 10.4. The summed E-state index contributed by atoms with van der Waals surface area (Å²) in [5, 5.41) is 3.94. The molecule has 1 amide bonds. The number of nitrogens with zero attached hydrogens (tertiary/aromatic N) is 3. The number of hydrogen-bond acceptors (Lipinski definition) is 5. The van der Waals surface area contributed by atoms with Crippen LogP contribution in [0.2, 0.25) is 0 Å². The van der Waals surface area contributed by atoms with E-state index in [9.17, 15) is 4.79 Å². The number of fused-ring (bicyclic) bond motifs is 1. The van der Waals surface area contributed by atoms with Crippen LogP contribution in [0.1, 0.15) is 41.6 Å². The Kier molecular flexibility index (Phi) is 6.91. The molecule has 7 nitrogen and oxygen atoms in total. The van der Waals surface area contributed by atoms with Crippen molar-refractivity contribution in [1.29, 1.82) is 0 Å². The van der Waals surface area contributed by atoms with Gasteiger partial charge in [0.15, 0.2) is 11.5 Å². The van der Waals surface area contributed by atoms with Crippen molar-refractivity contribution in [2.75, 3.05) is 32.1 Å². The first-order valence-corrected chi connectivity index (χ1v) is 12.4. The number of carbonyl (C=O) groups is 1. The Bertz CT molecular complexity index is 1350. The highest BCUT2D eigenvalue weighted by Gasteiger charge is 2.20. The molecule has 0 saturated carbocycles. The number of rotatable bonds is 7. The molecule has 1 fully saturated rings. The van der Waals surface area contributed by atoms with Crippen LogP contribution in [0.25, 0.3) is 10.9 Å². The molecule has 0 spiro atoms. The summed E-state index contributed by atoms with van der Waals surface area (Å²) >= 11 is 0. The molecule has 1 aliphatic rings. The van der Waals surface area contributed by atoms with Crippen LogP contribution in [0.15, 0.2) is 67.0 Å². The maximum atomic E-state index is 12.9. The van der Waals surface area contributed by atoms with E-state index in [1.807, 2.05) is 48.1 Å². The summed E-state index contributed by atoms with van der Waals surface area (Å²) in [5.74, 6) is 2.57. The lowest BCUT2D eigenvalue weighted by molar-refractivity contribution is 0.102. The number of likely N-dealkylation sites (tertiary alicyclic amines) is 1. The van der Waals surface area contributed by atoms with Gasteiger partial charge in [-0.3, -0.25) is 4.79 Å². The fourth-order valence-corrected chi connectivity index (χ4v) is 4.86. The van der Waals surface area contributed by atoms with Crippen LogP contribution in [-0.4, -0.2) is 47.1 Å². The minimum atomic E-state index is -0.199. The average molecular weight is 485 g/mol. The Labute approximate surface area is 211 Å². The summed E-state index contributed by atoms with van der Waals surface area (Å²) in [6.45, 7) is 5.60. The Morgan fingerprint density at radius 3 is 2.56 bits per heavy atom. The van der Waals surface area contributed by atoms with Crippen molar-refractivity contribution < 1.29 is 14.3 Å². The number of ether oxygens (including phenoxy) is 2. The van der Waals surface area contributed by atoms with Gasteiger partial charge in [0.05, 0.1) is 12.6 Å². The van der Waals surface area contributed by atoms with Crippen molar-refractivity contribution in [3.63, 3.8) is 0 Å². The Morgan fingerprint density at radius 1 is 1.06 bits per heavy atom. The molecule has 4 aromatic rings. The number of benzene rings is 2. The van der Waals surface area contributed by atoms with E-state index in [0.29, 0.717) is 34.5 Å². The third-order valence-corrected chi connectivity index (χ3v) is 7.05. The van der Waals surface area contributed by atoms with Crippen molar-refractivity contribution in [2.45, 2.75) is 25.7 Å². The molecule has 0 bridgehead atoms. The Balaban J connectivity index is 1.26. The number of anilines is 1. The third kappa shape index (κ3) is 5.06. The summed E-state index contributed by atoms with van der Waals surface area (Å²) in [6.07, 6.45) is 5.94. The standard InChI is InChI=1S/C29H32N4O3/c1-4-33-15-11-21(12-16-33)20-5-7-22(8-6-20)29(34)31-28-18-24(9-13-30-28)36-27-17-23-10-14-32(2)25(23)19-26(27)35-3/h5-10,13-14,17-19,21H,4,11-12,15-16H2,1-3H3,(H,30,31,34). The highest BCUT2D eigenvalue weighted by molar-refractivity contribution is 6.03. The van der Waals surface area contributed by atoms with Crippen LogP contribution in [0.4, 0.5) is 5.82 Å². The summed E-state index contributed by atoms with van der Waals surface area (Å²) < 4.78 is 13.7. The summed E-state index contributed by atoms with van der Waals surface area (Å²) in [5.41, 5.74) is 2.97. The summed E-state index contributed by atoms with van der Waals surface area (Å²) in [6, 6.07) is 17.4. The molecule has 1 N–H and O–H groups in total. The number of aryl methyl sites for hydroxylation is 1. The zero-order chi connectivity index (χ0) is 25.1. The molecule has 0 aliphatic carbocycles. The number of pyridine rings is 1. The Hall–Kier alpha value is -3.84. The molecule has 186 valence electrons. The van der Waals surface area contributed by atoms with Crippen LogP contribution in [0.5, 0.6) is 17.2 Å². The van der Waals surface area contributed by atoms with E-state index in [2.05, 4.69) is 34.3 Å². The smallest absolute Gasteiger partial charge is 0.256 e. The van der Waals surface area contributed by atoms with E-state index in [1.165, 1.54) is 5.56 Å². The van der Waals surface area contributed by atoms with E-state index in [4.69, 9.17) is 9.47 Å². The lowest BCUT2D eigenvalue weighted by Gasteiger charge is -2.31. The fraction of sp³-hybridized carbons (Fsp3) is 0.310. The second-order valence-electron chi connectivity index (χ2n) is 9.25. The number of nitrogens with one attached hydrogen (secondary N) is 1. The van der Waals surface area contributed by atoms with Crippen LogP contribution >= 0.6 is 0 Å². The van der Waals surface area contributed by atoms with E-state index in [0.717, 1.165) is 43.4 Å². The minimum absolute atomic E-state index is 0.199. The van der Waals surface area contributed by atoms with Crippen molar-refractivity contribution in [3.8, 4) is 17.2 Å². The molecule has 0 unspecified atom stereocenters. The molecule has 1 aliphatic heterocycles.